The number of methoxy groups -OCH3 is 1. The van der Waals surface area contributed by atoms with E-state index in [0.717, 1.165) is 18.4 Å². The lowest BCUT2D eigenvalue weighted by Gasteiger charge is -2.41. The molecule has 1 aromatic rings. The van der Waals surface area contributed by atoms with Gasteiger partial charge in [-0.25, -0.2) is 9.59 Å². The summed E-state index contributed by atoms with van der Waals surface area (Å²) in [6, 6.07) is 6.26. The average Bonchev–Trinajstić information content (AvgIpc) is 3.52. The average molecular weight is 600 g/mol. The number of benzene rings is 1. The van der Waals surface area contributed by atoms with E-state index in [1.165, 1.54) is 12.1 Å². The number of fused-ring (bicyclic) bond motifs is 1. The van der Waals surface area contributed by atoms with E-state index in [1.54, 1.807) is 25.1 Å². The Labute approximate surface area is 250 Å². The number of nitrogens with zero attached hydrogens (tertiary/aromatic N) is 1. The van der Waals surface area contributed by atoms with Gasteiger partial charge in [-0.05, 0) is 48.5 Å². The van der Waals surface area contributed by atoms with Crippen molar-refractivity contribution in [2.75, 3.05) is 13.7 Å². The fourth-order valence-electron chi connectivity index (χ4n) is 6.93. The molecule has 0 spiro atoms. The Morgan fingerprint density at radius 1 is 0.952 bits per heavy atom. The molecule has 3 rings (SSSR count). The van der Waals surface area contributed by atoms with Crippen LogP contribution < -0.4 is 0 Å². The zero-order valence-electron chi connectivity index (χ0n) is 26.3. The first-order chi connectivity index (χ1) is 19.8. The van der Waals surface area contributed by atoms with Crippen LogP contribution in [0.15, 0.2) is 35.9 Å². The number of esters is 2. The zero-order chi connectivity index (χ0) is 31.6. The summed E-state index contributed by atoms with van der Waals surface area (Å²) in [6.45, 7) is 16.1. The van der Waals surface area contributed by atoms with Crippen molar-refractivity contribution in [3.63, 3.8) is 0 Å². The minimum atomic E-state index is -2.62. The van der Waals surface area contributed by atoms with Crippen LogP contribution >= 0.6 is 0 Å². The quantitative estimate of drug-likeness (QED) is 0.120. The Morgan fingerprint density at radius 3 is 1.90 bits per heavy atom. The Kier molecular flexibility index (Phi) is 10.2. The zero-order valence-corrected chi connectivity index (χ0v) is 27.3. The molecule has 10 heteroatoms. The molecule has 0 saturated heterocycles. The predicted octanol–water partition coefficient (Wildman–Crippen LogP) is 5.84. The molecule has 1 fully saturated rings. The smallest absolute Gasteiger partial charge is 0.333 e. The molecule has 1 aliphatic heterocycles. The second-order valence-electron chi connectivity index (χ2n) is 12.1. The molecule has 2 aliphatic rings. The molecule has 0 unspecified atom stereocenters. The molecule has 1 aromatic carbocycles. The molecule has 0 radical (unpaired) electrons. The van der Waals surface area contributed by atoms with Gasteiger partial charge in [0.15, 0.2) is 5.54 Å². The van der Waals surface area contributed by atoms with E-state index in [2.05, 4.69) is 41.5 Å². The number of hydrogen-bond acceptors (Lipinski definition) is 8. The summed E-state index contributed by atoms with van der Waals surface area (Å²) in [4.78, 5) is 69.0. The van der Waals surface area contributed by atoms with Crippen molar-refractivity contribution in [2.45, 2.75) is 96.8 Å². The van der Waals surface area contributed by atoms with E-state index >= 15 is 0 Å². The second-order valence-corrected chi connectivity index (χ2v) is 17.4. The van der Waals surface area contributed by atoms with Crippen LogP contribution in [0.4, 0.5) is 0 Å². The molecule has 1 aliphatic carbocycles. The van der Waals surface area contributed by atoms with Crippen LogP contribution in [0, 0.1) is 11.8 Å². The Bertz CT molecular complexity index is 1210. The van der Waals surface area contributed by atoms with Gasteiger partial charge in [-0.3, -0.25) is 19.3 Å². The van der Waals surface area contributed by atoms with Gasteiger partial charge in [0, 0.05) is 11.5 Å². The molecule has 1 saturated carbocycles. The lowest BCUT2D eigenvalue weighted by Crippen LogP contribution is -2.51. The summed E-state index contributed by atoms with van der Waals surface area (Å²) in [5.41, 5.74) is -0.962. The molecule has 1 heterocycles. The summed E-state index contributed by atoms with van der Waals surface area (Å²) < 4.78 is 16.9. The topological polar surface area (TPSA) is 116 Å². The third kappa shape index (κ3) is 5.34. The van der Waals surface area contributed by atoms with Crippen LogP contribution in [0.3, 0.4) is 0 Å². The van der Waals surface area contributed by atoms with Crippen LogP contribution in [0.1, 0.15) is 95.4 Å². The first-order valence-electron chi connectivity index (χ1n) is 15.0. The molecule has 230 valence electrons. The van der Waals surface area contributed by atoms with Crippen LogP contribution in [0.5, 0.6) is 0 Å². The van der Waals surface area contributed by atoms with Gasteiger partial charge in [0.05, 0.1) is 24.8 Å². The molecule has 0 N–H and O–H groups in total. The predicted molar refractivity (Wildman–Crippen MR) is 160 cm³/mol. The molecule has 3 atom stereocenters. The van der Waals surface area contributed by atoms with Gasteiger partial charge < -0.3 is 13.9 Å². The van der Waals surface area contributed by atoms with Gasteiger partial charge >= 0.3 is 17.9 Å². The van der Waals surface area contributed by atoms with Gasteiger partial charge in [0.1, 0.15) is 5.92 Å². The molecular weight excluding hydrogens is 554 g/mol. The first kappa shape index (κ1) is 33.2. The molecule has 42 heavy (non-hydrogen) atoms. The Balaban J connectivity index is 2.19. The third-order valence-corrected chi connectivity index (χ3v) is 14.8. The summed E-state index contributed by atoms with van der Waals surface area (Å²) >= 11 is 0. The first-order valence-corrected chi connectivity index (χ1v) is 17.1. The molecule has 9 nitrogen and oxygen atoms in total. The fraction of sp³-hybridized carbons (Fsp3) is 0.594. The van der Waals surface area contributed by atoms with E-state index in [0.29, 0.717) is 18.4 Å². The monoisotopic (exact) mass is 599 g/mol. The highest BCUT2D eigenvalue weighted by Gasteiger charge is 2.80. The molecular formula is C32H45NO8Si. The number of hydrogen-bond donors (Lipinski definition) is 0. The number of ether oxygens (including phenoxy) is 2. The molecule has 0 aromatic heterocycles. The Morgan fingerprint density at radius 2 is 1.48 bits per heavy atom. The van der Waals surface area contributed by atoms with Crippen molar-refractivity contribution >= 4 is 38.0 Å². The van der Waals surface area contributed by atoms with Gasteiger partial charge in [-0.15, -0.1) is 0 Å². The van der Waals surface area contributed by atoms with Gasteiger partial charge in [0.25, 0.3) is 20.1 Å². The van der Waals surface area contributed by atoms with E-state index < -0.39 is 55.4 Å². The van der Waals surface area contributed by atoms with Gasteiger partial charge in [0.2, 0.25) is 0 Å². The lowest BCUT2D eigenvalue weighted by atomic mass is 10.0. The van der Waals surface area contributed by atoms with Crippen molar-refractivity contribution in [3.05, 3.63) is 47.0 Å². The SMILES string of the molecule is CCCC/C(=C/[C@H]1[C@H](C(=O)OCC)[C@]1(C(=O)OC)N1C(=O)c2ccccc2C1=O)C(=O)O[Si](C(C)C)(C(C)C)C(C)C. The summed E-state index contributed by atoms with van der Waals surface area (Å²) in [5.74, 6) is -5.82. The van der Waals surface area contributed by atoms with E-state index in [1.807, 2.05) is 6.92 Å². The van der Waals surface area contributed by atoms with E-state index in [4.69, 9.17) is 13.9 Å². The molecule has 0 bridgehead atoms. The summed E-state index contributed by atoms with van der Waals surface area (Å²) in [6.07, 6.45) is 3.35. The van der Waals surface area contributed by atoms with Crippen molar-refractivity contribution in [3.8, 4) is 0 Å². The fourth-order valence-corrected chi connectivity index (χ4v) is 12.1. The van der Waals surface area contributed by atoms with Crippen molar-refractivity contribution in [1.82, 2.24) is 4.90 Å². The minimum absolute atomic E-state index is 0.0289. The standard InChI is InChI=1S/C32H45NO8Si/c1-10-12-15-22(29(36)41-42(19(3)4,20(5)6)21(7)8)18-25-26(30(37)40-11-2)32(25,31(38)39-9)33-27(34)23-16-13-14-17-24(23)28(33)35/h13-14,16-21,25-26H,10-12,15H2,1-9H3/b22-18-/t25-,26+,32+/m0/s1. The van der Waals surface area contributed by atoms with Crippen LogP contribution in [0.25, 0.3) is 0 Å². The number of unbranched alkanes of at least 4 members (excludes halogenated alkanes) is 1. The maximum absolute atomic E-state index is 14.0. The van der Waals surface area contributed by atoms with Gasteiger partial charge in [-0.1, -0.05) is 73.1 Å². The highest BCUT2D eigenvalue weighted by atomic mass is 28.4. The van der Waals surface area contributed by atoms with Crippen molar-refractivity contribution in [1.29, 1.82) is 0 Å². The highest BCUT2D eigenvalue weighted by Crippen LogP contribution is 2.59. The van der Waals surface area contributed by atoms with Crippen LogP contribution in [-0.2, 0) is 28.3 Å². The van der Waals surface area contributed by atoms with Crippen LogP contribution in [0.2, 0.25) is 16.6 Å². The summed E-state index contributed by atoms with van der Waals surface area (Å²) in [7, 11) is -1.48. The van der Waals surface area contributed by atoms with Crippen molar-refractivity contribution in [2.24, 2.45) is 11.8 Å². The number of imide groups is 1. The van der Waals surface area contributed by atoms with E-state index in [9.17, 15) is 24.0 Å². The second kappa shape index (κ2) is 12.9. The van der Waals surface area contributed by atoms with Crippen molar-refractivity contribution < 1.29 is 37.9 Å². The minimum Gasteiger partial charge on any atom is -0.515 e. The summed E-state index contributed by atoms with van der Waals surface area (Å²) in [5, 5.41) is 0. The maximum atomic E-state index is 14.0. The number of carbonyl (C=O) groups excluding carboxylic acids is 5. The number of carbonyl (C=O) groups is 5. The van der Waals surface area contributed by atoms with Gasteiger partial charge in [-0.2, -0.15) is 0 Å². The lowest BCUT2D eigenvalue weighted by molar-refractivity contribution is -0.153. The number of amides is 2. The number of rotatable bonds is 13. The normalized spacial score (nSPS) is 22.1. The highest BCUT2D eigenvalue weighted by molar-refractivity contribution is 6.79. The van der Waals surface area contributed by atoms with E-state index in [-0.39, 0.29) is 34.4 Å². The largest absolute Gasteiger partial charge is 0.515 e. The Hall–Kier alpha value is -3.27. The third-order valence-electron chi connectivity index (χ3n) is 8.87. The van der Waals surface area contributed by atoms with Crippen LogP contribution in [-0.4, -0.2) is 62.2 Å². The molecule has 2 amide bonds. The maximum Gasteiger partial charge on any atom is 0.333 e.